The average molecular weight is 253 g/mol. The van der Waals surface area contributed by atoms with Gasteiger partial charge in [-0.3, -0.25) is 9.59 Å². The minimum absolute atomic E-state index is 0.0588. The summed E-state index contributed by atoms with van der Waals surface area (Å²) in [5.74, 6) is 0.104. The Hall–Kier alpha value is -1.10. The molecule has 102 valence electrons. The lowest BCUT2D eigenvalue weighted by atomic mass is 9.92. The van der Waals surface area contributed by atoms with Crippen LogP contribution in [0.3, 0.4) is 0 Å². The van der Waals surface area contributed by atoms with Gasteiger partial charge in [0.15, 0.2) is 0 Å². The molecular formula is C13H23N3O2. The van der Waals surface area contributed by atoms with Gasteiger partial charge in [-0.25, -0.2) is 0 Å². The predicted molar refractivity (Wildman–Crippen MR) is 69.0 cm³/mol. The zero-order chi connectivity index (χ0) is 13.0. The van der Waals surface area contributed by atoms with E-state index in [1.54, 1.807) is 0 Å². The van der Waals surface area contributed by atoms with Crippen molar-refractivity contribution in [2.24, 2.45) is 11.3 Å². The molecule has 1 heterocycles. The van der Waals surface area contributed by atoms with E-state index < -0.39 is 0 Å². The van der Waals surface area contributed by atoms with Crippen molar-refractivity contribution < 1.29 is 9.59 Å². The fraction of sp³-hybridized carbons (Fsp3) is 0.846. The minimum atomic E-state index is -0.0924. The summed E-state index contributed by atoms with van der Waals surface area (Å²) in [6, 6.07) is 0. The molecule has 2 rings (SSSR count). The molecule has 0 aromatic heterocycles. The maximum atomic E-state index is 11.9. The Morgan fingerprint density at radius 2 is 2.00 bits per heavy atom. The SMILES string of the molecule is CCCNC(=O)CNC(=O)[C@@H]1CC12CCNCC2. The summed E-state index contributed by atoms with van der Waals surface area (Å²) in [5.41, 5.74) is 0.245. The maximum Gasteiger partial charge on any atom is 0.239 e. The third kappa shape index (κ3) is 3.02. The van der Waals surface area contributed by atoms with Gasteiger partial charge in [-0.05, 0) is 44.2 Å². The monoisotopic (exact) mass is 253 g/mol. The van der Waals surface area contributed by atoms with E-state index in [1.807, 2.05) is 6.92 Å². The Bertz CT molecular complexity index is 324. The molecular weight excluding hydrogens is 230 g/mol. The van der Waals surface area contributed by atoms with Crippen LogP contribution in [0, 0.1) is 11.3 Å². The number of piperidine rings is 1. The summed E-state index contributed by atoms with van der Waals surface area (Å²) >= 11 is 0. The van der Waals surface area contributed by atoms with Crippen LogP contribution in [0.25, 0.3) is 0 Å². The summed E-state index contributed by atoms with van der Waals surface area (Å²) in [7, 11) is 0. The topological polar surface area (TPSA) is 70.2 Å². The van der Waals surface area contributed by atoms with Crippen molar-refractivity contribution in [3.8, 4) is 0 Å². The summed E-state index contributed by atoms with van der Waals surface area (Å²) in [6.07, 6.45) is 4.09. The van der Waals surface area contributed by atoms with Crippen LogP contribution in [0.2, 0.25) is 0 Å². The molecule has 5 nitrogen and oxygen atoms in total. The molecule has 2 amide bonds. The fourth-order valence-electron chi connectivity index (χ4n) is 2.81. The van der Waals surface area contributed by atoms with E-state index in [0.29, 0.717) is 6.54 Å². The summed E-state index contributed by atoms with van der Waals surface area (Å²) < 4.78 is 0. The molecule has 1 spiro atoms. The molecule has 2 aliphatic rings. The zero-order valence-electron chi connectivity index (χ0n) is 11.1. The van der Waals surface area contributed by atoms with Gasteiger partial charge in [-0.15, -0.1) is 0 Å². The van der Waals surface area contributed by atoms with E-state index in [0.717, 1.165) is 38.8 Å². The van der Waals surface area contributed by atoms with Gasteiger partial charge in [0.25, 0.3) is 0 Å². The summed E-state index contributed by atoms with van der Waals surface area (Å²) in [6.45, 7) is 4.82. The summed E-state index contributed by atoms with van der Waals surface area (Å²) in [5, 5.41) is 8.83. The molecule has 1 saturated heterocycles. The van der Waals surface area contributed by atoms with Crippen molar-refractivity contribution in [2.75, 3.05) is 26.2 Å². The van der Waals surface area contributed by atoms with E-state index in [9.17, 15) is 9.59 Å². The van der Waals surface area contributed by atoms with Crippen LogP contribution >= 0.6 is 0 Å². The molecule has 1 aliphatic heterocycles. The highest BCUT2D eigenvalue weighted by atomic mass is 16.2. The van der Waals surface area contributed by atoms with Crippen LogP contribution in [0.5, 0.6) is 0 Å². The fourth-order valence-corrected chi connectivity index (χ4v) is 2.81. The molecule has 18 heavy (non-hydrogen) atoms. The van der Waals surface area contributed by atoms with E-state index in [-0.39, 0.29) is 29.7 Å². The van der Waals surface area contributed by atoms with Crippen LogP contribution in [-0.2, 0) is 9.59 Å². The minimum Gasteiger partial charge on any atom is -0.355 e. The number of hydrogen-bond donors (Lipinski definition) is 3. The standard InChI is InChI=1S/C13H23N3O2/c1-2-5-15-11(17)9-16-12(18)10-8-13(10)3-6-14-7-4-13/h10,14H,2-9H2,1H3,(H,15,17)(H,16,18)/t10-/m0/s1. The van der Waals surface area contributed by atoms with Crippen molar-refractivity contribution in [3.63, 3.8) is 0 Å². The summed E-state index contributed by atoms with van der Waals surface area (Å²) in [4.78, 5) is 23.3. The zero-order valence-corrected chi connectivity index (χ0v) is 11.1. The van der Waals surface area contributed by atoms with Gasteiger partial charge in [0.1, 0.15) is 0 Å². The van der Waals surface area contributed by atoms with Crippen LogP contribution in [0.1, 0.15) is 32.6 Å². The van der Waals surface area contributed by atoms with Crippen molar-refractivity contribution in [1.29, 1.82) is 0 Å². The smallest absolute Gasteiger partial charge is 0.239 e. The van der Waals surface area contributed by atoms with Gasteiger partial charge in [0, 0.05) is 12.5 Å². The molecule has 3 N–H and O–H groups in total. The molecule has 5 heteroatoms. The van der Waals surface area contributed by atoms with Crippen molar-refractivity contribution in [2.45, 2.75) is 32.6 Å². The van der Waals surface area contributed by atoms with Gasteiger partial charge < -0.3 is 16.0 Å². The number of hydrogen-bond acceptors (Lipinski definition) is 3. The highest BCUT2D eigenvalue weighted by Crippen LogP contribution is 2.58. The Morgan fingerprint density at radius 3 is 2.67 bits per heavy atom. The lowest BCUT2D eigenvalue weighted by Gasteiger charge is -2.23. The molecule has 0 unspecified atom stereocenters. The molecule has 1 atom stereocenters. The first-order chi connectivity index (χ1) is 8.68. The predicted octanol–water partition coefficient (Wildman–Crippen LogP) is 0.0185. The number of carbonyl (C=O) groups is 2. The normalized spacial score (nSPS) is 24.6. The van der Waals surface area contributed by atoms with E-state index in [2.05, 4.69) is 16.0 Å². The van der Waals surface area contributed by atoms with Gasteiger partial charge in [0.05, 0.1) is 6.54 Å². The number of nitrogens with one attached hydrogen (secondary N) is 3. The van der Waals surface area contributed by atoms with Crippen LogP contribution in [-0.4, -0.2) is 38.0 Å². The molecule has 1 aliphatic carbocycles. The molecule has 0 bridgehead atoms. The van der Waals surface area contributed by atoms with Gasteiger partial charge >= 0.3 is 0 Å². The quantitative estimate of drug-likeness (QED) is 0.647. The molecule has 0 aromatic carbocycles. The van der Waals surface area contributed by atoms with Gasteiger partial charge in [-0.1, -0.05) is 6.92 Å². The second-order valence-electron chi connectivity index (χ2n) is 5.44. The molecule has 1 saturated carbocycles. The molecule has 0 radical (unpaired) electrons. The molecule has 2 fully saturated rings. The third-order valence-electron chi connectivity index (χ3n) is 4.10. The van der Waals surface area contributed by atoms with Gasteiger partial charge in [0.2, 0.25) is 11.8 Å². The lowest BCUT2D eigenvalue weighted by molar-refractivity contribution is -0.127. The largest absolute Gasteiger partial charge is 0.355 e. The second kappa shape index (κ2) is 5.69. The first-order valence-corrected chi connectivity index (χ1v) is 6.93. The number of rotatable bonds is 5. The highest BCUT2D eigenvalue weighted by Gasteiger charge is 2.57. The highest BCUT2D eigenvalue weighted by molar-refractivity contribution is 5.87. The second-order valence-corrected chi connectivity index (χ2v) is 5.44. The number of carbonyl (C=O) groups excluding carboxylic acids is 2. The van der Waals surface area contributed by atoms with Crippen LogP contribution in [0.15, 0.2) is 0 Å². The van der Waals surface area contributed by atoms with Crippen molar-refractivity contribution >= 4 is 11.8 Å². The number of amides is 2. The first-order valence-electron chi connectivity index (χ1n) is 6.93. The van der Waals surface area contributed by atoms with Crippen LogP contribution in [0.4, 0.5) is 0 Å². The van der Waals surface area contributed by atoms with Crippen molar-refractivity contribution in [3.05, 3.63) is 0 Å². The maximum absolute atomic E-state index is 11.9. The Balaban J connectivity index is 1.68. The lowest BCUT2D eigenvalue weighted by Crippen LogP contribution is -2.39. The third-order valence-corrected chi connectivity index (χ3v) is 4.10. The van der Waals surface area contributed by atoms with E-state index in [1.165, 1.54) is 0 Å². The average Bonchev–Trinajstić information content (AvgIpc) is 3.08. The van der Waals surface area contributed by atoms with E-state index in [4.69, 9.17) is 0 Å². The Kier molecular flexibility index (Phi) is 4.22. The Morgan fingerprint density at radius 1 is 1.28 bits per heavy atom. The Labute approximate surface area is 108 Å². The van der Waals surface area contributed by atoms with Crippen molar-refractivity contribution in [1.82, 2.24) is 16.0 Å². The van der Waals surface area contributed by atoms with Crippen LogP contribution < -0.4 is 16.0 Å². The van der Waals surface area contributed by atoms with E-state index >= 15 is 0 Å². The van der Waals surface area contributed by atoms with Gasteiger partial charge in [-0.2, -0.15) is 0 Å². The molecule has 0 aromatic rings. The first kappa shape index (κ1) is 13.3.